The molecule has 138 valence electrons. The molecule has 0 atom stereocenters. The Morgan fingerprint density at radius 1 is 1.00 bits per heavy atom. The predicted molar refractivity (Wildman–Crippen MR) is 90.1 cm³/mol. The number of halogens is 3. The summed E-state index contributed by atoms with van der Waals surface area (Å²) in [5, 5.41) is 8.24. The van der Waals surface area contributed by atoms with Crippen LogP contribution in [0.25, 0.3) is 0 Å². The minimum atomic E-state index is -4.52. The fourth-order valence-electron chi connectivity index (χ4n) is 1.86. The Morgan fingerprint density at radius 2 is 1.77 bits per heavy atom. The van der Waals surface area contributed by atoms with Crippen molar-refractivity contribution < 1.29 is 27.6 Å². The van der Waals surface area contributed by atoms with Crippen molar-refractivity contribution in [1.82, 2.24) is 10.6 Å². The molecule has 0 fully saturated rings. The van der Waals surface area contributed by atoms with Crippen LogP contribution in [0.3, 0.4) is 0 Å². The molecular formula is C16H14F3N3O3S. The van der Waals surface area contributed by atoms with E-state index in [2.05, 4.69) is 10.6 Å². The number of carbonyl (C=O) groups excluding carboxylic acids is 3. The molecule has 10 heteroatoms. The maximum atomic E-state index is 12.0. The maximum Gasteiger partial charge on any atom is 0.405 e. The minimum Gasteiger partial charge on any atom is -0.345 e. The normalized spacial score (nSPS) is 10.9. The summed E-state index contributed by atoms with van der Waals surface area (Å²) in [7, 11) is 0. The molecule has 0 bridgehead atoms. The summed E-state index contributed by atoms with van der Waals surface area (Å²) >= 11 is 1.26. The van der Waals surface area contributed by atoms with Gasteiger partial charge in [-0.3, -0.25) is 14.4 Å². The molecule has 0 spiro atoms. The molecule has 2 aromatic rings. The summed E-state index contributed by atoms with van der Waals surface area (Å²) in [6.07, 6.45) is -4.52. The van der Waals surface area contributed by atoms with Gasteiger partial charge in [0.25, 0.3) is 11.8 Å². The SMILES string of the molecule is O=C(CNC(=O)c1cccc(NC(=O)c2cccs2)c1)NCC(F)(F)F. The number of rotatable bonds is 6. The van der Waals surface area contributed by atoms with E-state index in [-0.39, 0.29) is 11.5 Å². The van der Waals surface area contributed by atoms with E-state index >= 15 is 0 Å². The molecule has 0 aliphatic rings. The number of hydrogen-bond acceptors (Lipinski definition) is 4. The lowest BCUT2D eigenvalue weighted by atomic mass is 10.2. The zero-order valence-electron chi connectivity index (χ0n) is 13.2. The summed E-state index contributed by atoms with van der Waals surface area (Å²) < 4.78 is 36.0. The number of alkyl halides is 3. The molecule has 0 saturated heterocycles. The number of anilines is 1. The highest BCUT2D eigenvalue weighted by atomic mass is 32.1. The Balaban J connectivity index is 1.89. The van der Waals surface area contributed by atoms with Gasteiger partial charge in [0.1, 0.15) is 6.54 Å². The molecule has 6 nitrogen and oxygen atoms in total. The van der Waals surface area contributed by atoms with E-state index < -0.39 is 31.1 Å². The Hall–Kier alpha value is -2.88. The van der Waals surface area contributed by atoms with Gasteiger partial charge in [-0.25, -0.2) is 0 Å². The van der Waals surface area contributed by atoms with Crippen LogP contribution in [0.2, 0.25) is 0 Å². The van der Waals surface area contributed by atoms with E-state index in [1.165, 1.54) is 29.5 Å². The highest BCUT2D eigenvalue weighted by Crippen LogP contribution is 2.15. The van der Waals surface area contributed by atoms with Crippen LogP contribution in [0, 0.1) is 0 Å². The summed E-state index contributed by atoms with van der Waals surface area (Å²) in [4.78, 5) is 35.8. The van der Waals surface area contributed by atoms with Crippen molar-refractivity contribution in [2.45, 2.75) is 6.18 Å². The number of benzene rings is 1. The van der Waals surface area contributed by atoms with Gasteiger partial charge in [0.2, 0.25) is 5.91 Å². The van der Waals surface area contributed by atoms with E-state index in [9.17, 15) is 27.6 Å². The maximum absolute atomic E-state index is 12.0. The third-order valence-corrected chi connectivity index (χ3v) is 3.89. The largest absolute Gasteiger partial charge is 0.405 e. The van der Waals surface area contributed by atoms with Gasteiger partial charge in [-0.1, -0.05) is 12.1 Å². The molecular weight excluding hydrogens is 371 g/mol. The summed E-state index contributed by atoms with van der Waals surface area (Å²) in [6, 6.07) is 9.34. The molecule has 0 unspecified atom stereocenters. The summed E-state index contributed by atoms with van der Waals surface area (Å²) in [5.74, 6) is -1.94. The number of amides is 3. The zero-order chi connectivity index (χ0) is 19.2. The van der Waals surface area contributed by atoms with Crippen molar-refractivity contribution in [3.8, 4) is 0 Å². The van der Waals surface area contributed by atoms with Gasteiger partial charge in [0, 0.05) is 11.3 Å². The lowest BCUT2D eigenvalue weighted by Crippen LogP contribution is -2.40. The lowest BCUT2D eigenvalue weighted by molar-refractivity contribution is -0.137. The topological polar surface area (TPSA) is 87.3 Å². The van der Waals surface area contributed by atoms with Crippen LogP contribution in [-0.4, -0.2) is 37.0 Å². The molecule has 0 saturated carbocycles. The van der Waals surface area contributed by atoms with Crippen LogP contribution < -0.4 is 16.0 Å². The molecule has 0 aliphatic carbocycles. The van der Waals surface area contributed by atoms with Crippen LogP contribution in [0.4, 0.5) is 18.9 Å². The molecule has 0 radical (unpaired) electrons. The van der Waals surface area contributed by atoms with Gasteiger partial charge >= 0.3 is 6.18 Å². The second-order valence-electron chi connectivity index (χ2n) is 5.09. The average molecular weight is 385 g/mol. The second kappa shape index (κ2) is 8.48. The molecule has 3 amide bonds. The van der Waals surface area contributed by atoms with Crippen LogP contribution in [0.5, 0.6) is 0 Å². The molecule has 1 aromatic heterocycles. The van der Waals surface area contributed by atoms with Crippen LogP contribution in [0.1, 0.15) is 20.0 Å². The third kappa shape index (κ3) is 6.20. The molecule has 0 aliphatic heterocycles. The van der Waals surface area contributed by atoms with E-state index in [0.717, 1.165) is 0 Å². The fraction of sp³-hybridized carbons (Fsp3) is 0.188. The highest BCUT2D eigenvalue weighted by Gasteiger charge is 2.27. The van der Waals surface area contributed by atoms with Crippen molar-refractivity contribution in [2.75, 3.05) is 18.4 Å². The van der Waals surface area contributed by atoms with Crippen molar-refractivity contribution in [3.05, 3.63) is 52.2 Å². The number of carbonyl (C=O) groups is 3. The van der Waals surface area contributed by atoms with Gasteiger partial charge in [-0.05, 0) is 29.6 Å². The predicted octanol–water partition coefficient (Wildman–Crippen LogP) is 2.41. The van der Waals surface area contributed by atoms with Gasteiger partial charge in [0.15, 0.2) is 0 Å². The van der Waals surface area contributed by atoms with E-state index in [1.807, 2.05) is 0 Å². The van der Waals surface area contributed by atoms with Gasteiger partial charge in [-0.15, -0.1) is 11.3 Å². The summed E-state index contributed by atoms with van der Waals surface area (Å²) in [6.45, 7) is -2.06. The van der Waals surface area contributed by atoms with Crippen molar-refractivity contribution in [1.29, 1.82) is 0 Å². The van der Waals surface area contributed by atoms with Crippen molar-refractivity contribution in [3.63, 3.8) is 0 Å². The molecule has 26 heavy (non-hydrogen) atoms. The lowest BCUT2D eigenvalue weighted by Gasteiger charge is -2.10. The van der Waals surface area contributed by atoms with E-state index in [4.69, 9.17) is 0 Å². The van der Waals surface area contributed by atoms with Crippen LogP contribution >= 0.6 is 11.3 Å². The molecule has 3 N–H and O–H groups in total. The Kier molecular flexibility index (Phi) is 6.34. The number of nitrogens with one attached hydrogen (secondary N) is 3. The Morgan fingerprint density at radius 3 is 2.42 bits per heavy atom. The molecule has 1 heterocycles. The standard InChI is InChI=1S/C16H14F3N3O3S/c17-16(18,19)9-21-13(23)8-20-14(24)10-3-1-4-11(7-10)22-15(25)12-5-2-6-26-12/h1-7H,8-9H2,(H,20,24)(H,21,23)(H,22,25). The fourth-order valence-corrected chi connectivity index (χ4v) is 2.48. The second-order valence-corrected chi connectivity index (χ2v) is 6.03. The monoisotopic (exact) mass is 385 g/mol. The molecule has 1 aromatic carbocycles. The first kappa shape index (κ1) is 19.4. The Labute approximate surface area is 150 Å². The highest BCUT2D eigenvalue weighted by molar-refractivity contribution is 7.12. The van der Waals surface area contributed by atoms with Crippen LogP contribution in [0.15, 0.2) is 41.8 Å². The first-order valence-corrected chi connectivity index (χ1v) is 8.19. The smallest absolute Gasteiger partial charge is 0.345 e. The van der Waals surface area contributed by atoms with Gasteiger partial charge in [-0.2, -0.15) is 13.2 Å². The van der Waals surface area contributed by atoms with Gasteiger partial charge < -0.3 is 16.0 Å². The Bertz CT molecular complexity index is 792. The first-order valence-electron chi connectivity index (χ1n) is 7.31. The summed E-state index contributed by atoms with van der Waals surface area (Å²) in [5.41, 5.74) is 0.523. The zero-order valence-corrected chi connectivity index (χ0v) is 14.0. The van der Waals surface area contributed by atoms with E-state index in [0.29, 0.717) is 10.6 Å². The first-order chi connectivity index (χ1) is 12.2. The quantitative estimate of drug-likeness (QED) is 0.714. The molecule has 2 rings (SSSR count). The number of hydrogen-bond donors (Lipinski definition) is 3. The van der Waals surface area contributed by atoms with Crippen molar-refractivity contribution in [2.24, 2.45) is 0 Å². The number of thiophene rings is 1. The third-order valence-electron chi connectivity index (χ3n) is 3.02. The van der Waals surface area contributed by atoms with Crippen molar-refractivity contribution >= 4 is 34.7 Å². The van der Waals surface area contributed by atoms with Gasteiger partial charge in [0.05, 0.1) is 11.4 Å². The minimum absolute atomic E-state index is 0.151. The van der Waals surface area contributed by atoms with E-state index in [1.54, 1.807) is 28.9 Å². The average Bonchev–Trinajstić information content (AvgIpc) is 3.12. The van der Waals surface area contributed by atoms with Crippen LogP contribution in [-0.2, 0) is 4.79 Å².